The summed E-state index contributed by atoms with van der Waals surface area (Å²) in [6, 6.07) is 10.3. The Hall–Kier alpha value is -1.76. The first-order valence-electron chi connectivity index (χ1n) is 5.71. The Bertz CT molecular complexity index is 683. The second-order valence-electron chi connectivity index (χ2n) is 4.00. The SMILES string of the molecule is COC(=O)c1ccc(C(=O)c2ccccc2F)c(I)c1. The van der Waals surface area contributed by atoms with Crippen LogP contribution >= 0.6 is 22.6 Å². The molecule has 0 amide bonds. The zero-order valence-electron chi connectivity index (χ0n) is 10.5. The number of halogens is 2. The van der Waals surface area contributed by atoms with Crippen molar-refractivity contribution in [3.05, 3.63) is 68.5 Å². The number of carbonyl (C=O) groups is 2. The minimum absolute atomic E-state index is 0.0104. The number of carbonyl (C=O) groups excluding carboxylic acids is 2. The van der Waals surface area contributed by atoms with Crippen LogP contribution in [0.1, 0.15) is 26.3 Å². The molecule has 5 heteroatoms. The number of ether oxygens (including phenoxy) is 1. The highest BCUT2D eigenvalue weighted by molar-refractivity contribution is 14.1. The van der Waals surface area contributed by atoms with Crippen LogP contribution in [0.4, 0.5) is 4.39 Å². The number of hydrogen-bond acceptors (Lipinski definition) is 3. The van der Waals surface area contributed by atoms with E-state index in [-0.39, 0.29) is 5.56 Å². The van der Waals surface area contributed by atoms with E-state index < -0.39 is 17.6 Å². The summed E-state index contributed by atoms with van der Waals surface area (Å²) in [5.41, 5.74) is 0.710. The van der Waals surface area contributed by atoms with Gasteiger partial charge >= 0.3 is 5.97 Å². The average molecular weight is 384 g/mol. The molecular weight excluding hydrogens is 374 g/mol. The molecular formula is C15H10FIO3. The minimum Gasteiger partial charge on any atom is -0.465 e. The van der Waals surface area contributed by atoms with Gasteiger partial charge in [0.1, 0.15) is 5.82 Å². The summed E-state index contributed by atoms with van der Waals surface area (Å²) in [7, 11) is 1.29. The quantitative estimate of drug-likeness (QED) is 0.463. The van der Waals surface area contributed by atoms with E-state index >= 15 is 0 Å². The van der Waals surface area contributed by atoms with Crippen LogP contribution in [0.25, 0.3) is 0 Å². The van der Waals surface area contributed by atoms with Gasteiger partial charge in [-0.05, 0) is 52.9 Å². The number of rotatable bonds is 3. The van der Waals surface area contributed by atoms with Crippen LogP contribution in [0.5, 0.6) is 0 Å². The largest absolute Gasteiger partial charge is 0.465 e. The van der Waals surface area contributed by atoms with Crippen LogP contribution in [-0.2, 0) is 4.74 Å². The number of esters is 1. The van der Waals surface area contributed by atoms with E-state index in [9.17, 15) is 14.0 Å². The molecule has 0 aliphatic carbocycles. The van der Waals surface area contributed by atoms with Crippen LogP contribution in [0.2, 0.25) is 0 Å². The van der Waals surface area contributed by atoms with Crippen LogP contribution < -0.4 is 0 Å². The molecule has 102 valence electrons. The molecule has 3 nitrogen and oxygen atoms in total. The van der Waals surface area contributed by atoms with Crippen molar-refractivity contribution < 1.29 is 18.7 Å². The molecule has 0 atom stereocenters. The van der Waals surface area contributed by atoms with E-state index in [1.807, 2.05) is 22.6 Å². The van der Waals surface area contributed by atoms with Gasteiger partial charge in [0.05, 0.1) is 18.2 Å². The maximum absolute atomic E-state index is 13.6. The molecule has 0 unspecified atom stereocenters. The second-order valence-corrected chi connectivity index (χ2v) is 5.16. The summed E-state index contributed by atoms with van der Waals surface area (Å²) in [4.78, 5) is 23.7. The van der Waals surface area contributed by atoms with E-state index in [1.165, 1.54) is 37.4 Å². The van der Waals surface area contributed by atoms with Gasteiger partial charge in [-0.1, -0.05) is 12.1 Å². The lowest BCUT2D eigenvalue weighted by Gasteiger charge is -2.07. The first-order valence-corrected chi connectivity index (χ1v) is 6.79. The fourth-order valence-electron chi connectivity index (χ4n) is 1.73. The number of benzene rings is 2. The van der Waals surface area contributed by atoms with Gasteiger partial charge in [0.2, 0.25) is 0 Å². The Balaban J connectivity index is 2.42. The predicted octanol–water partition coefficient (Wildman–Crippen LogP) is 3.45. The third-order valence-electron chi connectivity index (χ3n) is 2.75. The maximum Gasteiger partial charge on any atom is 0.337 e. The molecule has 0 radical (unpaired) electrons. The fraction of sp³-hybridized carbons (Fsp3) is 0.0667. The van der Waals surface area contributed by atoms with Gasteiger partial charge in [0.15, 0.2) is 5.78 Å². The normalized spacial score (nSPS) is 10.2. The highest BCUT2D eigenvalue weighted by atomic mass is 127. The molecule has 0 heterocycles. The third-order valence-corrected chi connectivity index (χ3v) is 3.65. The summed E-state index contributed by atoms with van der Waals surface area (Å²) < 4.78 is 18.8. The zero-order valence-corrected chi connectivity index (χ0v) is 12.7. The summed E-state index contributed by atoms with van der Waals surface area (Å²) in [5.74, 6) is -1.46. The molecule has 0 aromatic heterocycles. The monoisotopic (exact) mass is 384 g/mol. The van der Waals surface area contributed by atoms with Gasteiger partial charge in [-0.25, -0.2) is 9.18 Å². The topological polar surface area (TPSA) is 43.4 Å². The molecule has 0 N–H and O–H groups in total. The Morgan fingerprint density at radius 1 is 1.10 bits per heavy atom. The molecule has 0 saturated heterocycles. The van der Waals surface area contributed by atoms with E-state index in [4.69, 9.17) is 0 Å². The lowest BCUT2D eigenvalue weighted by molar-refractivity contribution is 0.0600. The molecule has 0 saturated carbocycles. The molecule has 0 bridgehead atoms. The Morgan fingerprint density at radius 2 is 1.80 bits per heavy atom. The molecule has 2 aromatic carbocycles. The summed E-state index contributed by atoms with van der Waals surface area (Å²) in [6.45, 7) is 0. The van der Waals surface area contributed by atoms with Crippen molar-refractivity contribution in [3.8, 4) is 0 Å². The van der Waals surface area contributed by atoms with Gasteiger partial charge in [-0.3, -0.25) is 4.79 Å². The second kappa shape index (κ2) is 6.13. The van der Waals surface area contributed by atoms with Gasteiger partial charge in [0.25, 0.3) is 0 Å². The number of hydrogen-bond donors (Lipinski definition) is 0. The van der Waals surface area contributed by atoms with Crippen molar-refractivity contribution in [2.75, 3.05) is 7.11 Å². The van der Waals surface area contributed by atoms with Crippen molar-refractivity contribution in [2.45, 2.75) is 0 Å². The highest BCUT2D eigenvalue weighted by Gasteiger charge is 2.17. The summed E-state index contributed by atoms with van der Waals surface area (Å²) >= 11 is 1.94. The fourth-order valence-corrected chi connectivity index (χ4v) is 2.49. The molecule has 0 spiro atoms. The first kappa shape index (κ1) is 14.6. The van der Waals surface area contributed by atoms with Crippen molar-refractivity contribution in [2.24, 2.45) is 0 Å². The Kier molecular flexibility index (Phi) is 4.49. The molecule has 20 heavy (non-hydrogen) atoms. The summed E-state index contributed by atoms with van der Waals surface area (Å²) in [6.07, 6.45) is 0. The molecule has 0 aliphatic rings. The van der Waals surface area contributed by atoms with Crippen LogP contribution in [0.3, 0.4) is 0 Å². The van der Waals surface area contributed by atoms with E-state index in [0.29, 0.717) is 14.7 Å². The van der Waals surface area contributed by atoms with Gasteiger partial charge in [0, 0.05) is 9.13 Å². The first-order chi connectivity index (χ1) is 9.54. The van der Waals surface area contributed by atoms with Crippen molar-refractivity contribution in [1.82, 2.24) is 0 Å². The highest BCUT2D eigenvalue weighted by Crippen LogP contribution is 2.20. The molecule has 0 aliphatic heterocycles. The smallest absolute Gasteiger partial charge is 0.337 e. The molecule has 2 aromatic rings. The van der Waals surface area contributed by atoms with Crippen molar-refractivity contribution in [3.63, 3.8) is 0 Å². The zero-order chi connectivity index (χ0) is 14.7. The molecule has 2 rings (SSSR count). The lowest BCUT2D eigenvalue weighted by Crippen LogP contribution is -2.08. The van der Waals surface area contributed by atoms with Gasteiger partial charge in [-0.15, -0.1) is 0 Å². The van der Waals surface area contributed by atoms with E-state index in [2.05, 4.69) is 4.74 Å². The van der Waals surface area contributed by atoms with Crippen molar-refractivity contribution in [1.29, 1.82) is 0 Å². The van der Waals surface area contributed by atoms with E-state index in [0.717, 1.165) is 0 Å². The van der Waals surface area contributed by atoms with Crippen LogP contribution in [0.15, 0.2) is 42.5 Å². The Morgan fingerprint density at radius 3 is 2.40 bits per heavy atom. The average Bonchev–Trinajstić information content (AvgIpc) is 2.46. The van der Waals surface area contributed by atoms with Gasteiger partial charge in [-0.2, -0.15) is 0 Å². The van der Waals surface area contributed by atoms with Crippen LogP contribution in [0, 0.1) is 9.39 Å². The number of ketones is 1. The molecule has 0 fully saturated rings. The minimum atomic E-state index is -0.564. The number of methoxy groups -OCH3 is 1. The maximum atomic E-state index is 13.6. The van der Waals surface area contributed by atoms with E-state index in [1.54, 1.807) is 12.1 Å². The predicted molar refractivity (Wildman–Crippen MR) is 80.3 cm³/mol. The summed E-state index contributed by atoms with van der Waals surface area (Å²) in [5, 5.41) is 0. The van der Waals surface area contributed by atoms with Crippen molar-refractivity contribution >= 4 is 34.3 Å². The van der Waals surface area contributed by atoms with Gasteiger partial charge < -0.3 is 4.74 Å². The standard InChI is InChI=1S/C15H10FIO3/c1-20-15(19)9-6-7-11(13(17)8-9)14(18)10-4-2-3-5-12(10)16/h2-8H,1H3. The van der Waals surface area contributed by atoms with Crippen LogP contribution in [-0.4, -0.2) is 18.9 Å². The lowest BCUT2D eigenvalue weighted by atomic mass is 10.0. The third kappa shape index (κ3) is 2.87. The Labute approximate surface area is 128 Å².